The minimum absolute atomic E-state index is 0.0553. The van der Waals surface area contributed by atoms with Gasteiger partial charge in [-0.25, -0.2) is 9.59 Å². The van der Waals surface area contributed by atoms with Crippen LogP contribution >= 0.6 is 0 Å². The van der Waals surface area contributed by atoms with E-state index in [2.05, 4.69) is 52.7 Å². The Morgan fingerprint density at radius 1 is 1.06 bits per heavy atom. The van der Waals surface area contributed by atoms with E-state index < -0.39 is 11.9 Å². The number of aromatic nitrogens is 1. The van der Waals surface area contributed by atoms with Crippen LogP contribution in [0.15, 0.2) is 42.6 Å². The van der Waals surface area contributed by atoms with Crippen LogP contribution in [0.1, 0.15) is 49.7 Å². The Morgan fingerprint density at radius 3 is 2.40 bits per heavy atom. The summed E-state index contributed by atoms with van der Waals surface area (Å²) in [6.07, 6.45) is 14.0. The fourth-order valence-electron chi connectivity index (χ4n) is 5.49. The maximum Gasteiger partial charge on any atom is 0.328 e. The molecule has 1 saturated carbocycles. The van der Waals surface area contributed by atoms with Gasteiger partial charge in [0.15, 0.2) is 0 Å². The first-order valence-corrected chi connectivity index (χ1v) is 12.3. The Bertz CT molecular complexity index is 1140. The molecule has 0 bridgehead atoms. The molecule has 186 valence electrons. The number of hydrogen-bond acceptors (Lipinski definition) is 4. The number of rotatable bonds is 4. The Morgan fingerprint density at radius 2 is 1.74 bits per heavy atom. The molecule has 35 heavy (non-hydrogen) atoms. The first-order valence-electron chi connectivity index (χ1n) is 12.3. The van der Waals surface area contributed by atoms with Crippen LogP contribution in [0.5, 0.6) is 0 Å². The lowest BCUT2D eigenvalue weighted by Gasteiger charge is -2.39. The van der Waals surface area contributed by atoms with Crippen LogP contribution in [0, 0.1) is 5.92 Å². The fraction of sp³-hybridized carbons (Fsp3) is 0.444. The predicted molar refractivity (Wildman–Crippen MR) is 134 cm³/mol. The smallest absolute Gasteiger partial charge is 0.328 e. The van der Waals surface area contributed by atoms with E-state index in [1.54, 1.807) is 0 Å². The first-order chi connectivity index (χ1) is 16.8. The maximum atomic E-state index is 13.0. The van der Waals surface area contributed by atoms with Gasteiger partial charge >= 0.3 is 11.9 Å². The highest BCUT2D eigenvalue weighted by Gasteiger charge is 2.36. The van der Waals surface area contributed by atoms with E-state index in [1.165, 1.54) is 53.3 Å². The maximum absolute atomic E-state index is 13.0. The van der Waals surface area contributed by atoms with Crippen molar-refractivity contribution in [1.29, 1.82) is 0 Å². The SMILES string of the molecule is CN1CC(C(=O)NC2CCCCCC2)C=C2c3cccc4[nH]cc(c34)CC21.O=C(O)C=CC(=O)O. The molecule has 0 saturated heterocycles. The summed E-state index contributed by atoms with van der Waals surface area (Å²) in [7, 11) is 2.17. The Balaban J connectivity index is 0.000000314. The summed E-state index contributed by atoms with van der Waals surface area (Å²) in [5.41, 5.74) is 5.24. The highest BCUT2D eigenvalue weighted by Crippen LogP contribution is 2.40. The minimum atomic E-state index is -1.26. The molecule has 2 atom stereocenters. The van der Waals surface area contributed by atoms with Crippen molar-refractivity contribution < 1.29 is 24.6 Å². The normalized spacial score (nSPS) is 22.5. The van der Waals surface area contributed by atoms with Crippen molar-refractivity contribution in [3.63, 3.8) is 0 Å². The number of nitrogens with one attached hydrogen (secondary N) is 2. The Hall–Kier alpha value is -3.39. The topological polar surface area (TPSA) is 123 Å². The third kappa shape index (κ3) is 5.82. The van der Waals surface area contributed by atoms with Gasteiger partial charge < -0.3 is 20.5 Å². The van der Waals surface area contributed by atoms with Gasteiger partial charge in [0.2, 0.25) is 5.91 Å². The van der Waals surface area contributed by atoms with Crippen LogP contribution in [-0.4, -0.2) is 63.6 Å². The summed E-state index contributed by atoms with van der Waals surface area (Å²) in [4.78, 5) is 37.9. The zero-order chi connectivity index (χ0) is 24.9. The number of aliphatic carboxylic acids is 2. The molecule has 0 radical (unpaired) electrons. The van der Waals surface area contributed by atoms with E-state index in [-0.39, 0.29) is 11.8 Å². The molecule has 1 fully saturated rings. The summed E-state index contributed by atoms with van der Waals surface area (Å²) < 4.78 is 0. The molecule has 2 unspecified atom stereocenters. The Kier molecular flexibility index (Phi) is 7.70. The molecule has 5 rings (SSSR count). The van der Waals surface area contributed by atoms with Crippen LogP contribution in [0.4, 0.5) is 0 Å². The number of aromatic amines is 1. The third-order valence-corrected chi connectivity index (χ3v) is 7.18. The Labute approximate surface area is 204 Å². The molecule has 8 nitrogen and oxygen atoms in total. The largest absolute Gasteiger partial charge is 0.478 e. The zero-order valence-electron chi connectivity index (χ0n) is 20.0. The molecular weight excluding hydrogens is 446 g/mol. The predicted octanol–water partition coefficient (Wildman–Crippen LogP) is 3.59. The number of H-pyrrole nitrogens is 1. The van der Waals surface area contributed by atoms with Gasteiger partial charge in [-0.3, -0.25) is 9.69 Å². The standard InChI is InChI=1S/C23H29N3O.C4H4O4/c1-26-14-16(23(27)25-17-7-4-2-3-5-8-17)11-19-18-9-6-10-20-22(18)15(13-24-20)12-21(19)26;5-3(6)1-2-4(7)8/h6,9-11,13,16-17,21,24H,2-5,7-8,12,14H2,1H3,(H,25,27);1-2H,(H,5,6)(H,7,8). The van der Waals surface area contributed by atoms with Gasteiger partial charge in [-0.2, -0.15) is 0 Å². The second kappa shape index (κ2) is 10.9. The summed E-state index contributed by atoms with van der Waals surface area (Å²) in [6.45, 7) is 0.808. The van der Waals surface area contributed by atoms with E-state index in [9.17, 15) is 14.4 Å². The molecule has 1 aromatic carbocycles. The number of benzene rings is 1. The number of fused-ring (bicyclic) bond motifs is 2. The van der Waals surface area contributed by atoms with Crippen molar-refractivity contribution in [3.05, 3.63) is 53.8 Å². The van der Waals surface area contributed by atoms with Gasteiger partial charge in [-0.05, 0) is 49.1 Å². The molecule has 2 heterocycles. The number of nitrogens with zero attached hydrogens (tertiary/aromatic N) is 1. The number of amides is 1. The summed E-state index contributed by atoms with van der Waals surface area (Å²) in [5, 5.41) is 20.3. The van der Waals surface area contributed by atoms with Gasteiger partial charge in [-0.15, -0.1) is 0 Å². The van der Waals surface area contributed by atoms with Gasteiger partial charge in [0.25, 0.3) is 0 Å². The number of carbonyl (C=O) groups is 3. The average molecular weight is 480 g/mol. The van der Waals surface area contributed by atoms with Crippen LogP contribution in [0.25, 0.3) is 16.5 Å². The monoisotopic (exact) mass is 479 g/mol. The summed E-state index contributed by atoms with van der Waals surface area (Å²) in [5.74, 6) is -2.35. The van der Waals surface area contributed by atoms with Crippen molar-refractivity contribution >= 4 is 34.3 Å². The fourth-order valence-corrected chi connectivity index (χ4v) is 5.49. The number of likely N-dealkylation sites (N-methyl/N-ethyl adjacent to an activating group) is 1. The van der Waals surface area contributed by atoms with Crippen molar-refractivity contribution in [2.24, 2.45) is 5.92 Å². The van der Waals surface area contributed by atoms with Crippen molar-refractivity contribution in [2.45, 2.75) is 57.0 Å². The zero-order valence-corrected chi connectivity index (χ0v) is 20.0. The molecule has 1 aromatic heterocycles. The second-order valence-corrected chi connectivity index (χ2v) is 9.64. The van der Waals surface area contributed by atoms with E-state index >= 15 is 0 Å². The summed E-state index contributed by atoms with van der Waals surface area (Å²) in [6, 6.07) is 7.23. The highest BCUT2D eigenvalue weighted by atomic mass is 16.4. The molecular formula is C27H33N3O5. The molecule has 3 aliphatic rings. The number of carboxylic acid groups (broad SMARTS) is 2. The lowest BCUT2D eigenvalue weighted by Crippen LogP contribution is -2.48. The molecule has 1 aliphatic heterocycles. The van der Waals surface area contributed by atoms with Gasteiger partial charge in [0, 0.05) is 47.9 Å². The second-order valence-electron chi connectivity index (χ2n) is 9.64. The van der Waals surface area contributed by atoms with Crippen LogP contribution in [0.2, 0.25) is 0 Å². The van der Waals surface area contributed by atoms with Crippen LogP contribution in [-0.2, 0) is 20.8 Å². The third-order valence-electron chi connectivity index (χ3n) is 7.18. The highest BCUT2D eigenvalue weighted by molar-refractivity contribution is 5.99. The van der Waals surface area contributed by atoms with Crippen molar-refractivity contribution in [1.82, 2.24) is 15.2 Å². The van der Waals surface area contributed by atoms with Gasteiger partial charge in [0.05, 0.1) is 5.92 Å². The quantitative estimate of drug-likeness (QED) is 0.393. The van der Waals surface area contributed by atoms with E-state index in [1.807, 2.05) is 0 Å². The number of carboxylic acids is 2. The molecule has 0 spiro atoms. The molecule has 2 aromatic rings. The molecule has 8 heteroatoms. The van der Waals surface area contributed by atoms with Gasteiger partial charge in [0.1, 0.15) is 0 Å². The van der Waals surface area contributed by atoms with Crippen molar-refractivity contribution in [2.75, 3.05) is 13.6 Å². The number of hydrogen-bond donors (Lipinski definition) is 4. The van der Waals surface area contributed by atoms with Crippen LogP contribution in [0.3, 0.4) is 0 Å². The minimum Gasteiger partial charge on any atom is -0.478 e. The lowest BCUT2D eigenvalue weighted by molar-refractivity contribution is -0.134. The van der Waals surface area contributed by atoms with Crippen LogP contribution < -0.4 is 5.32 Å². The average Bonchev–Trinajstić information content (AvgIpc) is 3.07. The van der Waals surface area contributed by atoms with Gasteiger partial charge in [-0.1, -0.05) is 43.9 Å². The first kappa shape index (κ1) is 24.7. The van der Waals surface area contributed by atoms with E-state index in [0.717, 1.165) is 25.8 Å². The van der Waals surface area contributed by atoms with E-state index in [4.69, 9.17) is 10.2 Å². The summed E-state index contributed by atoms with van der Waals surface area (Å²) >= 11 is 0. The van der Waals surface area contributed by atoms with Crippen molar-refractivity contribution in [3.8, 4) is 0 Å². The molecule has 2 aliphatic carbocycles. The molecule has 1 amide bonds. The molecule has 4 N–H and O–H groups in total. The lowest BCUT2D eigenvalue weighted by atomic mass is 9.79. The van der Waals surface area contributed by atoms with E-state index in [0.29, 0.717) is 24.2 Å². The number of carbonyl (C=O) groups excluding carboxylic acids is 1.